The van der Waals surface area contributed by atoms with Gasteiger partial charge in [-0.25, -0.2) is 9.59 Å². The van der Waals surface area contributed by atoms with Gasteiger partial charge in [0.15, 0.2) is 0 Å². The molecule has 1 saturated heterocycles. The lowest BCUT2D eigenvalue weighted by Crippen LogP contribution is -2.48. The second kappa shape index (κ2) is 3.33. The van der Waals surface area contributed by atoms with Crippen LogP contribution in [0.15, 0.2) is 11.1 Å². The van der Waals surface area contributed by atoms with Crippen LogP contribution in [-0.2, 0) is 19.1 Å². The molecular formula is C17H17BrO4. The minimum Gasteiger partial charge on any atom is -0.419 e. The van der Waals surface area contributed by atoms with Gasteiger partial charge < -0.3 is 9.47 Å². The van der Waals surface area contributed by atoms with Gasteiger partial charge in [-0.05, 0) is 59.3 Å². The van der Waals surface area contributed by atoms with E-state index in [0.717, 1.165) is 23.3 Å². The first-order chi connectivity index (χ1) is 10.4. The lowest BCUT2D eigenvalue weighted by Gasteiger charge is -2.48. The van der Waals surface area contributed by atoms with Crippen LogP contribution in [0.1, 0.15) is 20.3 Å². The summed E-state index contributed by atoms with van der Waals surface area (Å²) in [4.78, 5) is 25.6. The molecular weight excluding hydrogens is 348 g/mol. The summed E-state index contributed by atoms with van der Waals surface area (Å²) >= 11 is 3.93. The number of alkyl halides is 1. The number of carbonyl (C=O) groups excluding carboxylic acids is 2. The van der Waals surface area contributed by atoms with E-state index in [0.29, 0.717) is 34.4 Å². The van der Waals surface area contributed by atoms with E-state index in [1.54, 1.807) is 13.8 Å². The number of carbonyl (C=O) groups is 2. The summed E-state index contributed by atoms with van der Waals surface area (Å²) in [5, 5.41) is 0. The number of rotatable bonds is 0. The van der Waals surface area contributed by atoms with E-state index < -0.39 is 17.7 Å². The molecule has 4 nitrogen and oxygen atoms in total. The maximum Gasteiger partial charge on any atom is 0.348 e. The van der Waals surface area contributed by atoms with Gasteiger partial charge in [-0.1, -0.05) is 15.9 Å². The Morgan fingerprint density at radius 1 is 0.955 bits per heavy atom. The Morgan fingerprint density at radius 3 is 2.32 bits per heavy atom. The zero-order valence-electron chi connectivity index (χ0n) is 12.4. The third-order valence-electron chi connectivity index (χ3n) is 7.45. The topological polar surface area (TPSA) is 52.6 Å². The fourth-order valence-electron chi connectivity index (χ4n) is 7.35. The second-order valence-electron chi connectivity index (χ2n) is 8.38. The molecule has 9 atom stereocenters. The predicted octanol–water partition coefficient (Wildman–Crippen LogP) is 2.27. The monoisotopic (exact) mass is 364 g/mol. The number of fused-ring (bicyclic) bond motifs is 2. The van der Waals surface area contributed by atoms with Crippen molar-refractivity contribution in [3.05, 3.63) is 11.1 Å². The van der Waals surface area contributed by atoms with Gasteiger partial charge in [-0.3, -0.25) is 0 Å². The highest BCUT2D eigenvalue weighted by Crippen LogP contribution is 2.85. The molecule has 22 heavy (non-hydrogen) atoms. The SMILES string of the molecule is CC1(C)OC(=O)C(=C2C3C4C5C3[C@H]3C[C@@H]5C(C23)[C@H]4Br)C(=O)O1. The maximum absolute atomic E-state index is 12.5. The van der Waals surface area contributed by atoms with Gasteiger partial charge in [-0.15, -0.1) is 0 Å². The highest BCUT2D eigenvalue weighted by Gasteiger charge is 2.82. The molecule has 2 bridgehead atoms. The Kier molecular flexibility index (Phi) is 1.90. The van der Waals surface area contributed by atoms with Gasteiger partial charge in [0, 0.05) is 18.7 Å². The van der Waals surface area contributed by atoms with Crippen LogP contribution in [0.4, 0.5) is 0 Å². The highest BCUT2D eigenvalue weighted by atomic mass is 79.9. The first-order valence-electron chi connectivity index (χ1n) is 8.25. The molecule has 0 aromatic rings. The summed E-state index contributed by atoms with van der Waals surface area (Å²) in [7, 11) is 0. The lowest BCUT2D eigenvalue weighted by atomic mass is 9.58. The smallest absolute Gasteiger partial charge is 0.348 e. The molecule has 0 aromatic heterocycles. The van der Waals surface area contributed by atoms with Crippen molar-refractivity contribution < 1.29 is 19.1 Å². The van der Waals surface area contributed by atoms with Crippen LogP contribution in [0, 0.1) is 47.3 Å². The fourth-order valence-corrected chi connectivity index (χ4v) is 8.75. The highest BCUT2D eigenvalue weighted by molar-refractivity contribution is 9.09. The van der Waals surface area contributed by atoms with E-state index in [2.05, 4.69) is 15.9 Å². The third kappa shape index (κ3) is 1.06. The Balaban J connectivity index is 1.53. The molecule has 0 amide bonds. The fraction of sp³-hybridized carbons (Fsp3) is 0.765. The lowest BCUT2D eigenvalue weighted by molar-refractivity contribution is -0.222. The maximum atomic E-state index is 12.5. The number of ether oxygens (including phenoxy) is 2. The van der Waals surface area contributed by atoms with Gasteiger partial charge in [0.05, 0.1) is 0 Å². The normalized spacial score (nSPS) is 58.2. The summed E-state index contributed by atoms with van der Waals surface area (Å²) in [6, 6.07) is 0. The predicted molar refractivity (Wildman–Crippen MR) is 78.5 cm³/mol. The Bertz CT molecular complexity index is 673. The van der Waals surface area contributed by atoms with Gasteiger partial charge in [0.2, 0.25) is 0 Å². The molecule has 5 aliphatic carbocycles. The second-order valence-corrected chi connectivity index (χ2v) is 9.44. The molecule has 0 aromatic carbocycles. The number of hydrogen-bond acceptors (Lipinski definition) is 4. The zero-order valence-corrected chi connectivity index (χ0v) is 14.0. The standard InChI is InChI=1S/C17H17BrO4/c1-17(2)21-15(19)13(16(20)22-17)11-8-4-3-5-7-6(4)10(11)12(7)14(18)9(5)8/h4-10,12,14H,3H2,1-2H3/t4-,5+,6?,7?,8?,9?,10?,12?,14-/m1/s1. The average molecular weight is 365 g/mol. The molecule has 6 fully saturated rings. The summed E-state index contributed by atoms with van der Waals surface area (Å²) in [5.74, 6) is 3.08. The molecule has 6 rings (SSSR count). The van der Waals surface area contributed by atoms with E-state index in [1.807, 2.05) is 0 Å². The molecule has 116 valence electrons. The van der Waals surface area contributed by atoms with Crippen LogP contribution in [0.25, 0.3) is 0 Å². The first-order valence-corrected chi connectivity index (χ1v) is 9.17. The molecule has 5 saturated carbocycles. The van der Waals surface area contributed by atoms with Crippen molar-refractivity contribution >= 4 is 27.9 Å². The van der Waals surface area contributed by atoms with Crippen LogP contribution >= 0.6 is 15.9 Å². The zero-order chi connectivity index (χ0) is 15.1. The number of cyclic esters (lactones) is 2. The van der Waals surface area contributed by atoms with Crippen LogP contribution in [0.5, 0.6) is 0 Å². The van der Waals surface area contributed by atoms with Crippen molar-refractivity contribution in [3.8, 4) is 0 Å². The number of hydrogen-bond donors (Lipinski definition) is 0. The summed E-state index contributed by atoms with van der Waals surface area (Å²) < 4.78 is 10.7. The van der Waals surface area contributed by atoms with E-state index in [1.165, 1.54) is 6.42 Å². The van der Waals surface area contributed by atoms with Crippen molar-refractivity contribution in [3.63, 3.8) is 0 Å². The van der Waals surface area contributed by atoms with Gasteiger partial charge in [0.25, 0.3) is 5.79 Å². The van der Waals surface area contributed by atoms with E-state index >= 15 is 0 Å². The van der Waals surface area contributed by atoms with Gasteiger partial charge >= 0.3 is 11.9 Å². The molecule has 5 heteroatoms. The van der Waals surface area contributed by atoms with Crippen LogP contribution < -0.4 is 0 Å². The summed E-state index contributed by atoms with van der Waals surface area (Å²) in [6.45, 7) is 3.22. The molecule has 6 aliphatic rings. The quantitative estimate of drug-likeness (QED) is 0.286. The summed E-state index contributed by atoms with van der Waals surface area (Å²) in [6.07, 6.45) is 1.30. The molecule has 6 unspecified atom stereocenters. The first kappa shape index (κ1) is 12.6. The van der Waals surface area contributed by atoms with Crippen molar-refractivity contribution in [2.24, 2.45) is 47.3 Å². The number of esters is 2. The van der Waals surface area contributed by atoms with Crippen molar-refractivity contribution in [2.75, 3.05) is 0 Å². The van der Waals surface area contributed by atoms with Gasteiger partial charge in [0.1, 0.15) is 5.57 Å². The Hall–Kier alpha value is -0.840. The molecule has 0 N–H and O–H groups in total. The molecule has 0 radical (unpaired) electrons. The van der Waals surface area contributed by atoms with Crippen LogP contribution in [-0.4, -0.2) is 22.6 Å². The minimum absolute atomic E-state index is 0.247. The molecule has 0 spiro atoms. The third-order valence-corrected chi connectivity index (χ3v) is 8.67. The number of halogens is 1. The van der Waals surface area contributed by atoms with Crippen molar-refractivity contribution in [1.29, 1.82) is 0 Å². The Labute approximate surface area is 136 Å². The largest absolute Gasteiger partial charge is 0.419 e. The average Bonchev–Trinajstić information content (AvgIpc) is 2.87. The van der Waals surface area contributed by atoms with Crippen molar-refractivity contribution in [1.82, 2.24) is 0 Å². The Morgan fingerprint density at radius 2 is 1.64 bits per heavy atom. The number of allylic oxidation sites excluding steroid dienone is 1. The van der Waals surface area contributed by atoms with E-state index in [-0.39, 0.29) is 5.57 Å². The molecule has 1 heterocycles. The van der Waals surface area contributed by atoms with Crippen molar-refractivity contribution in [2.45, 2.75) is 30.9 Å². The van der Waals surface area contributed by atoms with Gasteiger partial charge in [-0.2, -0.15) is 0 Å². The minimum atomic E-state index is -1.14. The van der Waals surface area contributed by atoms with E-state index in [9.17, 15) is 9.59 Å². The van der Waals surface area contributed by atoms with Crippen LogP contribution in [0.3, 0.4) is 0 Å². The van der Waals surface area contributed by atoms with Crippen LogP contribution in [0.2, 0.25) is 0 Å². The van der Waals surface area contributed by atoms with E-state index in [4.69, 9.17) is 9.47 Å². The molecule has 1 aliphatic heterocycles. The summed E-state index contributed by atoms with van der Waals surface area (Å²) in [5.41, 5.74) is 1.36.